The lowest BCUT2D eigenvalue weighted by atomic mass is 10.0. The Hall–Kier alpha value is -2.68. The van der Waals surface area contributed by atoms with Crippen molar-refractivity contribution in [1.82, 2.24) is 0 Å². The molecule has 3 nitrogen and oxygen atoms in total. The number of ether oxygens (including phenoxy) is 3. The average Bonchev–Trinajstić information content (AvgIpc) is 2.97. The lowest BCUT2D eigenvalue weighted by molar-refractivity contribution is 0.348. The molecule has 0 amide bonds. The van der Waals surface area contributed by atoms with Crippen LogP contribution in [0.4, 0.5) is 0 Å². The van der Waals surface area contributed by atoms with Gasteiger partial charge in [-0.2, -0.15) is 0 Å². The second-order valence-electron chi connectivity index (χ2n) is 4.97. The van der Waals surface area contributed by atoms with Crippen LogP contribution in [0.3, 0.4) is 0 Å². The van der Waals surface area contributed by atoms with E-state index in [0.717, 1.165) is 16.9 Å². The van der Waals surface area contributed by atoms with Gasteiger partial charge in [0, 0.05) is 11.6 Å². The third-order valence-corrected chi connectivity index (χ3v) is 3.76. The second-order valence-corrected chi connectivity index (χ2v) is 4.97. The fraction of sp³-hybridized carbons (Fsp3) is 0.158. The van der Waals surface area contributed by atoms with Crippen molar-refractivity contribution in [2.24, 2.45) is 0 Å². The first-order chi connectivity index (χ1) is 10.8. The largest absolute Gasteiger partial charge is 0.496 e. The average molecular weight is 294 g/mol. The first kappa shape index (κ1) is 14.3. The molecule has 2 aromatic rings. The topological polar surface area (TPSA) is 27.7 Å². The molecule has 2 aromatic carbocycles. The lowest BCUT2D eigenvalue weighted by Crippen LogP contribution is -1.94. The summed E-state index contributed by atoms with van der Waals surface area (Å²) in [5.74, 6) is 2.09. The highest BCUT2D eigenvalue weighted by atomic mass is 16.5. The highest BCUT2D eigenvalue weighted by Gasteiger charge is 2.13. The molecule has 0 atom stereocenters. The van der Waals surface area contributed by atoms with E-state index in [1.54, 1.807) is 21.3 Å². The van der Waals surface area contributed by atoms with Gasteiger partial charge in [0.15, 0.2) is 11.5 Å². The fourth-order valence-electron chi connectivity index (χ4n) is 2.63. The van der Waals surface area contributed by atoms with Gasteiger partial charge in [-0.05, 0) is 28.8 Å². The van der Waals surface area contributed by atoms with E-state index in [-0.39, 0.29) is 0 Å². The van der Waals surface area contributed by atoms with E-state index in [1.807, 2.05) is 24.3 Å². The quantitative estimate of drug-likeness (QED) is 0.842. The van der Waals surface area contributed by atoms with Crippen LogP contribution in [0.15, 0.2) is 42.5 Å². The minimum absolute atomic E-state index is 0.656. The van der Waals surface area contributed by atoms with Crippen LogP contribution in [0.5, 0.6) is 17.2 Å². The molecule has 0 aliphatic heterocycles. The summed E-state index contributed by atoms with van der Waals surface area (Å²) in [5.41, 5.74) is 4.56. The Morgan fingerprint density at radius 1 is 0.773 bits per heavy atom. The van der Waals surface area contributed by atoms with Gasteiger partial charge in [0.25, 0.3) is 0 Å². The molecule has 0 N–H and O–H groups in total. The normalized spacial score (nSPS) is 14.0. The second kappa shape index (κ2) is 5.98. The highest BCUT2D eigenvalue weighted by molar-refractivity contribution is 5.98. The molecule has 3 heteroatoms. The Morgan fingerprint density at radius 3 is 2.18 bits per heavy atom. The molecular weight excluding hydrogens is 276 g/mol. The molecule has 1 aliphatic carbocycles. The van der Waals surface area contributed by atoms with Crippen LogP contribution in [0.25, 0.3) is 17.7 Å². The zero-order valence-corrected chi connectivity index (χ0v) is 12.9. The third kappa shape index (κ3) is 2.46. The van der Waals surface area contributed by atoms with Crippen LogP contribution < -0.4 is 14.2 Å². The van der Waals surface area contributed by atoms with Crippen molar-refractivity contribution in [3.8, 4) is 17.2 Å². The van der Waals surface area contributed by atoms with Gasteiger partial charge < -0.3 is 14.2 Å². The van der Waals surface area contributed by atoms with E-state index in [9.17, 15) is 0 Å². The number of methoxy groups -OCH3 is 3. The number of allylic oxidation sites excluding steroid dienone is 2. The molecule has 0 fully saturated rings. The Bertz CT molecular complexity index is 757. The first-order valence-corrected chi connectivity index (χ1v) is 7.06. The molecule has 0 bridgehead atoms. The van der Waals surface area contributed by atoms with Crippen LogP contribution in [0, 0.1) is 0 Å². The van der Waals surface area contributed by atoms with Gasteiger partial charge in [0.1, 0.15) is 5.75 Å². The molecule has 0 saturated heterocycles. The minimum atomic E-state index is 0.656. The summed E-state index contributed by atoms with van der Waals surface area (Å²) in [4.78, 5) is 0. The monoisotopic (exact) mass is 294 g/mol. The van der Waals surface area contributed by atoms with Crippen molar-refractivity contribution in [3.63, 3.8) is 0 Å². The predicted molar refractivity (Wildman–Crippen MR) is 89.4 cm³/mol. The molecule has 0 radical (unpaired) electrons. The van der Waals surface area contributed by atoms with Gasteiger partial charge in [-0.3, -0.25) is 0 Å². The SMILES string of the molecule is COc1cc(OC)c(OC)cc1/C=C1\C=Cc2ccccc21. The zero-order chi connectivity index (χ0) is 15.5. The third-order valence-electron chi connectivity index (χ3n) is 3.76. The van der Waals surface area contributed by atoms with E-state index in [4.69, 9.17) is 14.2 Å². The van der Waals surface area contributed by atoms with Gasteiger partial charge >= 0.3 is 0 Å². The summed E-state index contributed by atoms with van der Waals surface area (Å²) in [6.07, 6.45) is 6.33. The Labute approximate surface area is 130 Å². The molecule has 0 saturated carbocycles. The zero-order valence-electron chi connectivity index (χ0n) is 12.9. The van der Waals surface area contributed by atoms with Crippen molar-refractivity contribution in [1.29, 1.82) is 0 Å². The molecule has 22 heavy (non-hydrogen) atoms. The molecule has 112 valence electrons. The van der Waals surface area contributed by atoms with Crippen molar-refractivity contribution in [2.75, 3.05) is 21.3 Å². The molecule has 0 heterocycles. The van der Waals surface area contributed by atoms with Gasteiger partial charge in [0.2, 0.25) is 0 Å². The summed E-state index contributed by atoms with van der Waals surface area (Å²) in [6.45, 7) is 0. The van der Waals surface area contributed by atoms with E-state index in [2.05, 4.69) is 30.4 Å². The number of hydrogen-bond acceptors (Lipinski definition) is 3. The van der Waals surface area contributed by atoms with Crippen molar-refractivity contribution < 1.29 is 14.2 Å². The molecule has 0 unspecified atom stereocenters. The van der Waals surface area contributed by atoms with E-state index >= 15 is 0 Å². The van der Waals surface area contributed by atoms with Crippen molar-refractivity contribution in [2.45, 2.75) is 0 Å². The standard InChI is InChI=1S/C19H18O3/c1-20-17-12-19(22-3)18(21-2)11-15(17)10-14-9-8-13-6-4-5-7-16(13)14/h4-12H,1-3H3/b14-10+. The van der Waals surface area contributed by atoms with Crippen LogP contribution in [0.1, 0.15) is 16.7 Å². The van der Waals surface area contributed by atoms with E-state index in [0.29, 0.717) is 11.5 Å². The van der Waals surface area contributed by atoms with E-state index < -0.39 is 0 Å². The lowest BCUT2D eigenvalue weighted by Gasteiger charge is -2.12. The number of hydrogen-bond donors (Lipinski definition) is 0. The van der Waals surface area contributed by atoms with Gasteiger partial charge in [-0.15, -0.1) is 0 Å². The minimum Gasteiger partial charge on any atom is -0.496 e. The first-order valence-electron chi connectivity index (χ1n) is 7.06. The molecular formula is C19H18O3. The maximum absolute atomic E-state index is 5.48. The van der Waals surface area contributed by atoms with Gasteiger partial charge in [-0.25, -0.2) is 0 Å². The molecule has 0 aromatic heterocycles. The Morgan fingerprint density at radius 2 is 1.45 bits per heavy atom. The molecule has 0 spiro atoms. The van der Waals surface area contributed by atoms with Crippen LogP contribution in [-0.2, 0) is 0 Å². The fourth-order valence-corrected chi connectivity index (χ4v) is 2.63. The number of fused-ring (bicyclic) bond motifs is 1. The van der Waals surface area contributed by atoms with Crippen LogP contribution in [-0.4, -0.2) is 21.3 Å². The Kier molecular flexibility index (Phi) is 3.88. The number of benzene rings is 2. The Balaban J connectivity index is 2.09. The highest BCUT2D eigenvalue weighted by Crippen LogP contribution is 2.38. The van der Waals surface area contributed by atoms with Crippen molar-refractivity contribution in [3.05, 3.63) is 59.2 Å². The maximum atomic E-state index is 5.48. The predicted octanol–water partition coefficient (Wildman–Crippen LogP) is 4.28. The summed E-state index contributed by atoms with van der Waals surface area (Å²) < 4.78 is 16.2. The van der Waals surface area contributed by atoms with Crippen molar-refractivity contribution >= 4 is 17.7 Å². The number of rotatable bonds is 4. The van der Waals surface area contributed by atoms with E-state index in [1.165, 1.54) is 11.1 Å². The summed E-state index contributed by atoms with van der Waals surface area (Å²) in [6, 6.07) is 12.1. The van der Waals surface area contributed by atoms with Crippen LogP contribution in [0.2, 0.25) is 0 Å². The molecule has 1 aliphatic rings. The van der Waals surface area contributed by atoms with Gasteiger partial charge in [0.05, 0.1) is 21.3 Å². The van der Waals surface area contributed by atoms with Gasteiger partial charge in [-0.1, -0.05) is 36.4 Å². The molecule has 3 rings (SSSR count). The summed E-state index contributed by atoms with van der Waals surface area (Å²) in [7, 11) is 4.90. The maximum Gasteiger partial charge on any atom is 0.164 e. The summed E-state index contributed by atoms with van der Waals surface area (Å²) >= 11 is 0. The van der Waals surface area contributed by atoms with Crippen LogP contribution >= 0.6 is 0 Å². The smallest absolute Gasteiger partial charge is 0.164 e. The summed E-state index contributed by atoms with van der Waals surface area (Å²) in [5, 5.41) is 0.